The van der Waals surface area contributed by atoms with Gasteiger partial charge < -0.3 is 15.8 Å². The normalized spacial score (nSPS) is 12.9. The van der Waals surface area contributed by atoms with E-state index in [1.54, 1.807) is 13.8 Å². The average molecular weight is 244 g/mol. The summed E-state index contributed by atoms with van der Waals surface area (Å²) in [6, 6.07) is 0. The van der Waals surface area contributed by atoms with Crippen LogP contribution in [0.5, 0.6) is 0 Å². The van der Waals surface area contributed by atoms with Gasteiger partial charge in [-0.15, -0.1) is 0 Å². The van der Waals surface area contributed by atoms with Gasteiger partial charge in [0.15, 0.2) is 0 Å². The number of carbonyl (C=O) groups excluding carboxylic acids is 1. The fraction of sp³-hybridized carbons (Fsp3) is 0.923. The zero-order valence-electron chi connectivity index (χ0n) is 12.1. The Balaban J connectivity index is 4.66. The first-order valence-electron chi connectivity index (χ1n) is 6.40. The van der Waals surface area contributed by atoms with Crippen molar-refractivity contribution in [3.8, 4) is 0 Å². The molecule has 0 aliphatic carbocycles. The molecule has 4 nitrogen and oxygen atoms in total. The molecule has 0 fully saturated rings. The lowest BCUT2D eigenvalue weighted by Crippen LogP contribution is -2.59. The fourth-order valence-electron chi connectivity index (χ4n) is 1.40. The van der Waals surface area contributed by atoms with E-state index in [-0.39, 0.29) is 17.6 Å². The molecular weight excluding hydrogens is 216 g/mol. The molecule has 4 heteroatoms. The first kappa shape index (κ1) is 16.4. The molecule has 0 aliphatic rings. The number of hydrogen-bond acceptors (Lipinski definition) is 3. The van der Waals surface area contributed by atoms with Crippen LogP contribution in [-0.4, -0.2) is 29.7 Å². The van der Waals surface area contributed by atoms with E-state index in [4.69, 9.17) is 10.5 Å². The van der Waals surface area contributed by atoms with Gasteiger partial charge in [0.05, 0.1) is 23.8 Å². The van der Waals surface area contributed by atoms with Crippen molar-refractivity contribution in [1.29, 1.82) is 0 Å². The summed E-state index contributed by atoms with van der Waals surface area (Å²) < 4.78 is 5.65. The third-order valence-corrected chi connectivity index (χ3v) is 3.01. The third kappa shape index (κ3) is 5.50. The maximum atomic E-state index is 12.0. The summed E-state index contributed by atoms with van der Waals surface area (Å²) in [6.07, 6.45) is 1.83. The lowest BCUT2D eigenvalue weighted by molar-refractivity contribution is -0.128. The molecule has 0 unspecified atom stereocenters. The van der Waals surface area contributed by atoms with Crippen molar-refractivity contribution in [3.63, 3.8) is 0 Å². The van der Waals surface area contributed by atoms with Crippen LogP contribution in [0.25, 0.3) is 0 Å². The predicted molar refractivity (Wildman–Crippen MR) is 70.8 cm³/mol. The van der Waals surface area contributed by atoms with Crippen molar-refractivity contribution in [3.05, 3.63) is 0 Å². The van der Waals surface area contributed by atoms with Crippen LogP contribution in [0.3, 0.4) is 0 Å². The molecule has 0 radical (unpaired) electrons. The molecule has 0 aliphatic heterocycles. The van der Waals surface area contributed by atoms with Crippen LogP contribution < -0.4 is 11.1 Å². The van der Waals surface area contributed by atoms with E-state index in [0.29, 0.717) is 6.61 Å². The average Bonchev–Trinajstić information content (AvgIpc) is 2.22. The smallest absolute Gasteiger partial charge is 0.240 e. The van der Waals surface area contributed by atoms with Gasteiger partial charge in [0.1, 0.15) is 0 Å². The maximum Gasteiger partial charge on any atom is 0.240 e. The molecule has 0 aromatic rings. The van der Waals surface area contributed by atoms with Crippen LogP contribution in [0.4, 0.5) is 0 Å². The summed E-state index contributed by atoms with van der Waals surface area (Å²) in [5.41, 5.74) is 4.64. The van der Waals surface area contributed by atoms with Crippen molar-refractivity contribution in [2.24, 2.45) is 5.73 Å². The molecule has 17 heavy (non-hydrogen) atoms. The van der Waals surface area contributed by atoms with Crippen LogP contribution in [0, 0.1) is 0 Å². The highest BCUT2D eigenvalue weighted by Crippen LogP contribution is 2.17. The van der Waals surface area contributed by atoms with Crippen LogP contribution in [0.1, 0.15) is 54.4 Å². The van der Waals surface area contributed by atoms with Crippen molar-refractivity contribution in [2.45, 2.75) is 71.6 Å². The van der Waals surface area contributed by atoms with E-state index in [2.05, 4.69) is 19.2 Å². The lowest BCUT2D eigenvalue weighted by Gasteiger charge is -2.35. The van der Waals surface area contributed by atoms with E-state index in [0.717, 1.165) is 12.8 Å². The fourth-order valence-corrected chi connectivity index (χ4v) is 1.40. The summed E-state index contributed by atoms with van der Waals surface area (Å²) in [5.74, 6) is -0.131. The highest BCUT2D eigenvalue weighted by molar-refractivity contribution is 5.85. The van der Waals surface area contributed by atoms with Crippen LogP contribution in [-0.2, 0) is 9.53 Å². The second-order valence-corrected chi connectivity index (χ2v) is 5.52. The number of rotatable bonds is 7. The zero-order valence-corrected chi connectivity index (χ0v) is 12.1. The highest BCUT2D eigenvalue weighted by atomic mass is 16.5. The third-order valence-electron chi connectivity index (χ3n) is 3.01. The van der Waals surface area contributed by atoms with Gasteiger partial charge >= 0.3 is 0 Å². The number of amides is 1. The van der Waals surface area contributed by atoms with Crippen molar-refractivity contribution >= 4 is 5.91 Å². The van der Waals surface area contributed by atoms with Gasteiger partial charge in [0, 0.05) is 0 Å². The predicted octanol–water partition coefficient (Wildman–Crippen LogP) is 1.82. The Morgan fingerprint density at radius 3 is 2.06 bits per heavy atom. The monoisotopic (exact) mass is 244 g/mol. The van der Waals surface area contributed by atoms with Crippen LogP contribution >= 0.6 is 0 Å². The summed E-state index contributed by atoms with van der Waals surface area (Å²) in [5, 5.41) is 3.04. The Hall–Kier alpha value is -0.610. The Kier molecular flexibility index (Phi) is 6.13. The molecule has 3 N–H and O–H groups in total. The molecule has 0 heterocycles. The second-order valence-electron chi connectivity index (χ2n) is 5.52. The summed E-state index contributed by atoms with van der Waals surface area (Å²) in [4.78, 5) is 12.0. The first-order chi connectivity index (χ1) is 7.67. The Morgan fingerprint density at radius 1 is 1.29 bits per heavy atom. The molecule has 0 bridgehead atoms. The van der Waals surface area contributed by atoms with Crippen molar-refractivity contribution < 1.29 is 9.53 Å². The van der Waals surface area contributed by atoms with Gasteiger partial charge in [-0.05, 0) is 40.5 Å². The molecule has 102 valence electrons. The number of ether oxygens (including phenoxy) is 1. The number of hydrogen-bond donors (Lipinski definition) is 2. The zero-order chi connectivity index (χ0) is 13.7. The molecule has 0 rings (SSSR count). The van der Waals surface area contributed by atoms with Gasteiger partial charge in [-0.1, -0.05) is 13.8 Å². The van der Waals surface area contributed by atoms with Crippen LogP contribution in [0.2, 0.25) is 0 Å². The van der Waals surface area contributed by atoms with Gasteiger partial charge in [-0.2, -0.15) is 0 Å². The standard InChI is InChI=1S/C13H28N2O2/c1-7-13(8-2,9-17-10(3)4)15-11(16)12(5,6)14/h10H,7-9,14H2,1-6H3,(H,15,16). The highest BCUT2D eigenvalue weighted by Gasteiger charge is 2.33. The molecular formula is C13H28N2O2. The molecule has 0 spiro atoms. The molecule has 0 aromatic carbocycles. The number of nitrogens with one attached hydrogen (secondary N) is 1. The lowest BCUT2D eigenvalue weighted by atomic mass is 9.92. The van der Waals surface area contributed by atoms with Gasteiger partial charge in [0.2, 0.25) is 5.91 Å². The second kappa shape index (κ2) is 6.36. The summed E-state index contributed by atoms with van der Waals surface area (Å²) >= 11 is 0. The van der Waals surface area contributed by atoms with Gasteiger partial charge in [-0.3, -0.25) is 4.79 Å². The maximum absolute atomic E-state index is 12.0. The quantitative estimate of drug-likeness (QED) is 0.718. The van der Waals surface area contributed by atoms with E-state index >= 15 is 0 Å². The van der Waals surface area contributed by atoms with Gasteiger partial charge in [-0.25, -0.2) is 0 Å². The number of nitrogens with two attached hydrogens (primary N) is 1. The van der Waals surface area contributed by atoms with Crippen LogP contribution in [0.15, 0.2) is 0 Å². The minimum Gasteiger partial charge on any atom is -0.376 e. The summed E-state index contributed by atoms with van der Waals surface area (Å²) in [6.45, 7) is 12.0. The number of carbonyl (C=O) groups is 1. The minimum absolute atomic E-state index is 0.131. The van der Waals surface area contributed by atoms with E-state index in [9.17, 15) is 4.79 Å². The molecule has 0 atom stereocenters. The molecule has 0 saturated heterocycles. The van der Waals surface area contributed by atoms with E-state index in [1.165, 1.54) is 0 Å². The van der Waals surface area contributed by atoms with Crippen molar-refractivity contribution in [1.82, 2.24) is 5.32 Å². The summed E-state index contributed by atoms with van der Waals surface area (Å²) in [7, 11) is 0. The van der Waals surface area contributed by atoms with E-state index in [1.807, 2.05) is 13.8 Å². The van der Waals surface area contributed by atoms with Crippen molar-refractivity contribution in [2.75, 3.05) is 6.61 Å². The first-order valence-corrected chi connectivity index (χ1v) is 6.40. The Morgan fingerprint density at radius 2 is 1.76 bits per heavy atom. The molecule has 0 aromatic heterocycles. The Bertz CT molecular complexity index is 240. The SMILES string of the molecule is CCC(CC)(COC(C)C)NC(=O)C(C)(C)N. The van der Waals surface area contributed by atoms with Gasteiger partial charge in [0.25, 0.3) is 0 Å². The largest absolute Gasteiger partial charge is 0.376 e. The topological polar surface area (TPSA) is 64.3 Å². The minimum atomic E-state index is -0.854. The van der Waals surface area contributed by atoms with E-state index < -0.39 is 5.54 Å². The Labute approximate surface area is 105 Å². The molecule has 0 saturated carbocycles. The molecule has 1 amide bonds.